The van der Waals surface area contributed by atoms with Gasteiger partial charge in [-0.05, 0) is 41.8 Å². The fourth-order valence-electron chi connectivity index (χ4n) is 2.10. The maximum Gasteiger partial charge on any atom is 0.143 e. The molecule has 2 aromatic rings. The van der Waals surface area contributed by atoms with Crippen LogP contribution in [0.1, 0.15) is 16.7 Å². The summed E-state index contributed by atoms with van der Waals surface area (Å²) in [6, 6.07) is 16.4. The third-order valence-corrected chi connectivity index (χ3v) is 3.29. The second-order valence-corrected chi connectivity index (χ2v) is 5.02. The number of nitrogens with zero attached hydrogens (tertiary/aromatic N) is 1. The summed E-state index contributed by atoms with van der Waals surface area (Å²) in [7, 11) is 4.02. The van der Waals surface area contributed by atoms with Crippen LogP contribution in [0.3, 0.4) is 0 Å². The number of anilines is 1. The maximum atomic E-state index is 10.9. The van der Waals surface area contributed by atoms with Crippen molar-refractivity contribution in [1.29, 1.82) is 0 Å². The third-order valence-electron chi connectivity index (χ3n) is 3.29. The van der Waals surface area contributed by atoms with Crippen molar-refractivity contribution in [2.24, 2.45) is 0 Å². The van der Waals surface area contributed by atoms with E-state index in [1.165, 1.54) is 5.56 Å². The predicted octanol–water partition coefficient (Wildman–Crippen LogP) is 3.69. The lowest BCUT2D eigenvalue weighted by molar-refractivity contribution is -0.104. The smallest absolute Gasteiger partial charge is 0.143 e. The van der Waals surface area contributed by atoms with Crippen molar-refractivity contribution in [2.45, 2.75) is 6.92 Å². The molecular weight excluding hydrogens is 246 g/mol. The molecule has 0 fully saturated rings. The lowest BCUT2D eigenvalue weighted by Crippen LogP contribution is -2.08. The first-order chi connectivity index (χ1) is 9.61. The molecule has 0 saturated heterocycles. The van der Waals surface area contributed by atoms with Crippen molar-refractivity contribution < 1.29 is 4.79 Å². The number of aldehydes is 1. The Balaban J connectivity index is 2.41. The number of rotatable bonds is 4. The summed E-state index contributed by atoms with van der Waals surface area (Å²) in [5.41, 5.74) is 5.41. The Morgan fingerprint density at radius 2 is 1.40 bits per heavy atom. The molecule has 0 aromatic heterocycles. The minimum Gasteiger partial charge on any atom is -0.378 e. The summed E-state index contributed by atoms with van der Waals surface area (Å²) in [6.45, 7) is 2.05. The van der Waals surface area contributed by atoms with E-state index >= 15 is 0 Å². The molecule has 20 heavy (non-hydrogen) atoms. The number of carbonyl (C=O) groups excluding carboxylic acids is 1. The molecule has 0 saturated carbocycles. The number of aryl methyl sites for hydroxylation is 1. The van der Waals surface area contributed by atoms with Gasteiger partial charge >= 0.3 is 0 Å². The molecule has 0 aliphatic heterocycles. The first-order valence-corrected chi connectivity index (χ1v) is 6.62. The van der Waals surface area contributed by atoms with Gasteiger partial charge in [0.15, 0.2) is 0 Å². The fraction of sp³-hybridized carbons (Fsp3) is 0.167. The molecule has 2 rings (SSSR count). The van der Waals surface area contributed by atoms with Gasteiger partial charge in [-0.1, -0.05) is 42.0 Å². The normalized spacial score (nSPS) is 11.2. The lowest BCUT2D eigenvalue weighted by Gasteiger charge is -2.14. The molecule has 2 aromatic carbocycles. The number of hydrogen-bond donors (Lipinski definition) is 0. The summed E-state index contributed by atoms with van der Waals surface area (Å²) in [5.74, 6) is 0. The van der Waals surface area contributed by atoms with Gasteiger partial charge in [0.2, 0.25) is 0 Å². The molecule has 0 N–H and O–H groups in total. The molecule has 2 nitrogen and oxygen atoms in total. The van der Waals surface area contributed by atoms with Gasteiger partial charge in [-0.25, -0.2) is 0 Å². The average Bonchev–Trinajstić information content (AvgIpc) is 2.46. The number of benzene rings is 2. The van der Waals surface area contributed by atoms with Crippen LogP contribution in [0, 0.1) is 6.92 Å². The highest BCUT2D eigenvalue weighted by Crippen LogP contribution is 2.25. The van der Waals surface area contributed by atoms with Crippen LogP contribution in [0.15, 0.2) is 54.6 Å². The van der Waals surface area contributed by atoms with E-state index in [4.69, 9.17) is 0 Å². The van der Waals surface area contributed by atoms with Gasteiger partial charge in [0, 0.05) is 19.8 Å². The Morgan fingerprint density at radius 1 is 0.900 bits per heavy atom. The van der Waals surface area contributed by atoms with Gasteiger partial charge in [-0.3, -0.25) is 4.79 Å². The van der Waals surface area contributed by atoms with Crippen LogP contribution in [0.25, 0.3) is 5.57 Å². The SMILES string of the molecule is Cc1ccc(/C(=C/C=O)c2ccc(N(C)C)cc2)cc1. The Labute approximate surface area is 120 Å². The molecule has 0 spiro atoms. The Kier molecular flexibility index (Phi) is 4.36. The number of hydrogen-bond acceptors (Lipinski definition) is 2. The summed E-state index contributed by atoms with van der Waals surface area (Å²) in [4.78, 5) is 13.0. The maximum absolute atomic E-state index is 10.9. The molecule has 0 radical (unpaired) electrons. The predicted molar refractivity (Wildman–Crippen MR) is 85.1 cm³/mol. The van der Waals surface area contributed by atoms with Crippen molar-refractivity contribution >= 4 is 17.5 Å². The van der Waals surface area contributed by atoms with E-state index in [9.17, 15) is 4.79 Å². The van der Waals surface area contributed by atoms with Gasteiger partial charge in [0.05, 0.1) is 0 Å². The van der Waals surface area contributed by atoms with E-state index in [2.05, 4.69) is 36.1 Å². The highest BCUT2D eigenvalue weighted by molar-refractivity contribution is 5.89. The molecule has 0 aliphatic carbocycles. The molecule has 0 heterocycles. The summed E-state index contributed by atoms with van der Waals surface area (Å²) < 4.78 is 0. The van der Waals surface area contributed by atoms with Gasteiger partial charge in [-0.15, -0.1) is 0 Å². The van der Waals surface area contributed by atoms with Gasteiger partial charge < -0.3 is 4.90 Å². The van der Waals surface area contributed by atoms with Crippen LogP contribution >= 0.6 is 0 Å². The summed E-state index contributed by atoms with van der Waals surface area (Å²) in [5, 5.41) is 0. The van der Waals surface area contributed by atoms with E-state index < -0.39 is 0 Å². The van der Waals surface area contributed by atoms with Gasteiger partial charge in [-0.2, -0.15) is 0 Å². The zero-order valence-electron chi connectivity index (χ0n) is 12.1. The van der Waals surface area contributed by atoms with Crippen molar-refractivity contribution in [2.75, 3.05) is 19.0 Å². The van der Waals surface area contributed by atoms with Gasteiger partial charge in [0.1, 0.15) is 6.29 Å². The first-order valence-electron chi connectivity index (χ1n) is 6.62. The molecule has 0 amide bonds. The molecule has 0 atom stereocenters. The Morgan fingerprint density at radius 3 is 1.85 bits per heavy atom. The van der Waals surface area contributed by atoms with Crippen molar-refractivity contribution in [3.8, 4) is 0 Å². The van der Waals surface area contributed by atoms with Crippen molar-refractivity contribution in [1.82, 2.24) is 0 Å². The van der Waals surface area contributed by atoms with E-state index in [-0.39, 0.29) is 0 Å². The van der Waals surface area contributed by atoms with Crippen LogP contribution in [0.5, 0.6) is 0 Å². The molecule has 0 bridgehead atoms. The Hall–Kier alpha value is -2.35. The fourth-order valence-corrected chi connectivity index (χ4v) is 2.10. The average molecular weight is 265 g/mol. The van der Waals surface area contributed by atoms with E-state index in [0.717, 1.165) is 28.7 Å². The first kappa shape index (κ1) is 14.1. The molecular formula is C18H19NO. The van der Waals surface area contributed by atoms with E-state index in [0.29, 0.717) is 0 Å². The summed E-state index contributed by atoms with van der Waals surface area (Å²) in [6.07, 6.45) is 2.46. The van der Waals surface area contributed by atoms with Crippen molar-refractivity contribution in [3.63, 3.8) is 0 Å². The number of carbonyl (C=O) groups is 1. The zero-order valence-corrected chi connectivity index (χ0v) is 12.1. The topological polar surface area (TPSA) is 20.3 Å². The molecule has 0 aliphatic rings. The van der Waals surface area contributed by atoms with Gasteiger partial charge in [0.25, 0.3) is 0 Å². The van der Waals surface area contributed by atoms with Crippen LogP contribution < -0.4 is 4.90 Å². The highest BCUT2D eigenvalue weighted by Gasteiger charge is 2.05. The minimum atomic E-state index is 0.842. The quantitative estimate of drug-likeness (QED) is 0.620. The van der Waals surface area contributed by atoms with Crippen LogP contribution in [-0.2, 0) is 4.79 Å². The highest BCUT2D eigenvalue weighted by atomic mass is 16.1. The molecule has 0 unspecified atom stereocenters. The Bertz CT molecular complexity index is 607. The second-order valence-electron chi connectivity index (χ2n) is 5.02. The monoisotopic (exact) mass is 265 g/mol. The minimum absolute atomic E-state index is 0.842. The van der Waals surface area contributed by atoms with Crippen molar-refractivity contribution in [3.05, 3.63) is 71.3 Å². The molecule has 102 valence electrons. The van der Waals surface area contributed by atoms with Crippen LogP contribution in [0.2, 0.25) is 0 Å². The van der Waals surface area contributed by atoms with Crippen LogP contribution in [-0.4, -0.2) is 20.4 Å². The lowest BCUT2D eigenvalue weighted by atomic mass is 9.97. The number of allylic oxidation sites excluding steroid dienone is 1. The second kappa shape index (κ2) is 6.20. The van der Waals surface area contributed by atoms with Crippen LogP contribution in [0.4, 0.5) is 5.69 Å². The molecule has 2 heteroatoms. The third kappa shape index (κ3) is 3.15. The zero-order chi connectivity index (χ0) is 14.5. The van der Waals surface area contributed by atoms with E-state index in [1.54, 1.807) is 6.08 Å². The van der Waals surface area contributed by atoms with E-state index in [1.807, 2.05) is 38.4 Å². The summed E-state index contributed by atoms with van der Waals surface area (Å²) >= 11 is 0. The largest absolute Gasteiger partial charge is 0.378 e. The standard InChI is InChI=1S/C18H19NO/c1-14-4-6-15(7-5-14)18(12-13-20)16-8-10-17(11-9-16)19(2)3/h4-13H,1-3H3/b18-12-.